The maximum atomic E-state index is 9.97. The van der Waals surface area contributed by atoms with E-state index in [-0.39, 0.29) is 33.0 Å². The summed E-state index contributed by atoms with van der Waals surface area (Å²) in [4.78, 5) is 9.97. The number of carbonyl (C=O) groups is 1. The second-order valence-corrected chi connectivity index (χ2v) is 10.9. The Morgan fingerprint density at radius 2 is 1.21 bits per heavy atom. The van der Waals surface area contributed by atoms with Crippen LogP contribution in [0.25, 0.3) is 6.08 Å². The number of halogens is 1. The first-order chi connectivity index (χ1) is 16.5. The molecule has 1 saturated heterocycles. The zero-order valence-electron chi connectivity index (χ0n) is 23.1. The topological polar surface area (TPSA) is 212 Å². The Hall–Kier alpha value is -1.15. The average molecular weight is 608 g/mol. The molecule has 0 spiro atoms. The number of aliphatic carboxylic acids is 1. The van der Waals surface area contributed by atoms with Gasteiger partial charge in [-0.05, 0) is 66.0 Å². The normalized spacial score (nSPS) is 22.1. The molecule has 224 valence electrons. The predicted octanol–water partition coefficient (Wildman–Crippen LogP) is -3.66. The first-order valence-corrected chi connectivity index (χ1v) is 13.3. The molecule has 1 aromatic carbocycles. The summed E-state index contributed by atoms with van der Waals surface area (Å²) in [5.41, 5.74) is 1.24. The minimum Gasteiger partial charge on any atom is -0.545 e. The molecule has 2 atom stereocenters. The van der Waals surface area contributed by atoms with Gasteiger partial charge in [0.15, 0.2) is 0 Å². The maximum absolute atomic E-state index is 9.97. The third-order valence-electron chi connectivity index (χ3n) is 5.29. The zero-order chi connectivity index (χ0) is 27.8. The molecule has 1 aliphatic rings. The summed E-state index contributed by atoms with van der Waals surface area (Å²) in [5.74, 6) is -1.17. The molecule has 1 heterocycles. The first-order valence-electron chi connectivity index (χ1n) is 12.0. The van der Waals surface area contributed by atoms with Crippen LogP contribution in [-0.2, 0) is 21.3 Å². The monoisotopic (exact) mass is 606 g/mol. The molecular formula is C25H45ClN4NiO7. The molecule has 6 N–H and O–H groups in total. The number of carboxylic acid groups (broad SMARTS) is 1. The van der Waals surface area contributed by atoms with Gasteiger partial charge in [-0.3, -0.25) is 0 Å². The van der Waals surface area contributed by atoms with Gasteiger partial charge in [0.25, 0.3) is 0 Å². The zero-order valence-corrected chi connectivity index (χ0v) is 24.8. The van der Waals surface area contributed by atoms with Crippen molar-refractivity contribution in [3.63, 3.8) is 0 Å². The quantitative estimate of drug-likeness (QED) is 0.191. The van der Waals surface area contributed by atoms with Gasteiger partial charge >= 0.3 is 16.5 Å². The fourth-order valence-electron chi connectivity index (χ4n) is 3.99. The number of carboxylic acids is 1. The molecule has 38 heavy (non-hydrogen) atoms. The Morgan fingerprint density at radius 1 is 0.842 bits per heavy atom. The standard InChI is InChI=1S/C16H36N4.C9H8O2.ClHO4.Ni.H2O/c1-13-11-15(3,4)19-10-8-18-14(2)12-16(5,6)20-9-7-17-13;10-9(11)7-6-8-4-2-1-3-5-8;2-1(3,4)5;;/h13-14,17-20H,7-12H2,1-6H3;1-7H,(H,10,11);(H,2,3,4,5);;1H2/q;;;+2;/p-2/b;7-6+;;;/t13-,14-;;;;/m1..../s1. The van der Waals surface area contributed by atoms with Crippen LogP contribution in [0.2, 0.25) is 0 Å². The van der Waals surface area contributed by atoms with Gasteiger partial charge in [0.05, 0.1) is 5.97 Å². The van der Waals surface area contributed by atoms with E-state index >= 15 is 0 Å². The molecular weight excluding hydrogens is 562 g/mol. The fraction of sp³-hybridized carbons (Fsp3) is 0.640. The van der Waals surface area contributed by atoms with E-state index in [9.17, 15) is 9.90 Å². The number of nitrogens with one attached hydrogen (secondary N) is 4. The second kappa shape index (κ2) is 20.7. The maximum Gasteiger partial charge on any atom is 2.00 e. The van der Waals surface area contributed by atoms with Crippen molar-refractivity contribution in [1.82, 2.24) is 21.3 Å². The molecule has 2 rings (SSSR count). The van der Waals surface area contributed by atoms with Gasteiger partial charge in [-0.25, -0.2) is 18.6 Å². The summed E-state index contributed by atoms with van der Waals surface area (Å²) in [6.45, 7) is 17.8. The van der Waals surface area contributed by atoms with E-state index in [0.717, 1.165) is 50.7 Å². The van der Waals surface area contributed by atoms with Gasteiger partial charge in [0, 0.05) is 49.3 Å². The van der Waals surface area contributed by atoms with Crippen LogP contribution in [0, 0.1) is 10.2 Å². The van der Waals surface area contributed by atoms with Gasteiger partial charge in [-0.2, -0.15) is 0 Å². The van der Waals surface area contributed by atoms with E-state index in [2.05, 4.69) is 62.8 Å². The molecule has 0 bridgehead atoms. The Balaban J connectivity index is -0.000000574. The Kier molecular flexibility index (Phi) is 22.5. The van der Waals surface area contributed by atoms with Crippen molar-refractivity contribution in [1.29, 1.82) is 0 Å². The van der Waals surface area contributed by atoms with E-state index in [4.69, 9.17) is 18.6 Å². The fourth-order valence-corrected chi connectivity index (χ4v) is 3.99. The third kappa shape index (κ3) is 27.9. The number of hydrogen-bond acceptors (Lipinski definition) is 10. The van der Waals surface area contributed by atoms with E-state index in [0.29, 0.717) is 12.1 Å². The van der Waals surface area contributed by atoms with Crippen molar-refractivity contribution in [2.75, 3.05) is 26.2 Å². The Morgan fingerprint density at radius 3 is 1.55 bits per heavy atom. The molecule has 1 fully saturated rings. The van der Waals surface area contributed by atoms with Crippen molar-refractivity contribution in [3.05, 3.63) is 42.0 Å². The van der Waals surface area contributed by atoms with Crippen LogP contribution in [0.4, 0.5) is 0 Å². The van der Waals surface area contributed by atoms with E-state index in [1.165, 1.54) is 6.08 Å². The van der Waals surface area contributed by atoms with Crippen molar-refractivity contribution in [2.45, 2.75) is 77.5 Å². The number of carbonyl (C=O) groups excluding carboxylic acids is 1. The van der Waals surface area contributed by atoms with Crippen LogP contribution < -0.4 is 45.0 Å². The summed E-state index contributed by atoms with van der Waals surface area (Å²) in [6, 6.07) is 10.3. The van der Waals surface area contributed by atoms with Gasteiger partial charge in [-0.15, -0.1) is 10.2 Å². The minimum atomic E-state index is -4.94. The molecule has 0 unspecified atom stereocenters. The molecule has 0 radical (unpaired) electrons. The molecule has 13 heteroatoms. The molecule has 0 aliphatic carbocycles. The predicted molar refractivity (Wildman–Crippen MR) is 132 cm³/mol. The van der Waals surface area contributed by atoms with E-state index < -0.39 is 16.2 Å². The van der Waals surface area contributed by atoms with Crippen molar-refractivity contribution < 1.29 is 60.7 Å². The largest absolute Gasteiger partial charge is 2.00 e. The molecule has 11 nitrogen and oxygen atoms in total. The number of hydrogen-bond donors (Lipinski definition) is 4. The van der Waals surface area contributed by atoms with Crippen molar-refractivity contribution in [2.24, 2.45) is 0 Å². The van der Waals surface area contributed by atoms with Gasteiger partial charge < -0.3 is 36.6 Å². The van der Waals surface area contributed by atoms with Gasteiger partial charge in [0.1, 0.15) is 0 Å². The molecule has 0 aromatic heterocycles. The minimum absolute atomic E-state index is 0. The molecule has 0 saturated carbocycles. The average Bonchev–Trinajstić information content (AvgIpc) is 2.72. The summed E-state index contributed by atoms with van der Waals surface area (Å²) < 4.78 is 34.0. The Bertz CT molecular complexity index is 732. The smallest absolute Gasteiger partial charge is 0.545 e. The second-order valence-electron chi connectivity index (χ2n) is 10.2. The van der Waals surface area contributed by atoms with Crippen LogP contribution in [0.5, 0.6) is 0 Å². The van der Waals surface area contributed by atoms with Crippen molar-refractivity contribution >= 4 is 12.0 Å². The number of rotatable bonds is 2. The van der Waals surface area contributed by atoms with E-state index in [1.807, 2.05) is 30.3 Å². The summed E-state index contributed by atoms with van der Waals surface area (Å²) in [5, 5.41) is 24.6. The summed E-state index contributed by atoms with van der Waals surface area (Å²) in [7, 11) is -4.94. The Labute approximate surface area is 239 Å². The van der Waals surface area contributed by atoms with Crippen LogP contribution in [0.1, 0.15) is 59.9 Å². The molecule has 1 aromatic rings. The van der Waals surface area contributed by atoms with Crippen LogP contribution in [0.3, 0.4) is 0 Å². The first kappa shape index (κ1) is 41.3. The van der Waals surface area contributed by atoms with Crippen molar-refractivity contribution in [3.8, 4) is 0 Å². The summed E-state index contributed by atoms with van der Waals surface area (Å²) in [6.07, 6.45) is 4.79. The van der Waals surface area contributed by atoms with Gasteiger partial charge in [0.2, 0.25) is 0 Å². The molecule has 0 amide bonds. The SMILES string of the molecule is C[C@@H]1CC(C)(C)NCCN[C@H](C)CC(C)(C)NCCN1.O.O=C([O-])/C=C/c1ccccc1.[Ni+2].[O-][Cl+3]([O-])([O-])[O-]. The van der Waals surface area contributed by atoms with Crippen LogP contribution >= 0.6 is 0 Å². The molecule has 1 aliphatic heterocycles. The van der Waals surface area contributed by atoms with Crippen LogP contribution in [0.15, 0.2) is 36.4 Å². The third-order valence-corrected chi connectivity index (χ3v) is 5.29. The summed E-state index contributed by atoms with van der Waals surface area (Å²) >= 11 is 0. The van der Waals surface area contributed by atoms with Crippen LogP contribution in [-0.4, -0.2) is 60.8 Å². The van der Waals surface area contributed by atoms with Gasteiger partial charge in [-0.1, -0.05) is 36.4 Å². The number of benzene rings is 1. The van der Waals surface area contributed by atoms with E-state index in [1.54, 1.807) is 0 Å².